The number of nitrogens with one attached hydrogen (secondary N) is 1. The molecule has 3 aliphatic carbocycles. The number of nitriles is 1. The predicted molar refractivity (Wildman–Crippen MR) is 163 cm³/mol. The van der Waals surface area contributed by atoms with Gasteiger partial charge in [-0.3, -0.25) is 4.79 Å². The molecule has 3 nitrogen and oxygen atoms in total. The average molecular weight is 591 g/mol. The minimum Gasteiger partial charge on any atom is -0.341 e. The Hall–Kier alpha value is -3.92. The molecule has 1 amide bonds. The van der Waals surface area contributed by atoms with Crippen LogP contribution >= 0.6 is 0 Å². The molecule has 43 heavy (non-hydrogen) atoms. The molecule has 226 valence electrons. The second-order valence-electron chi connectivity index (χ2n) is 11.7. The summed E-state index contributed by atoms with van der Waals surface area (Å²) in [5, 5.41) is 12.6. The molecule has 0 bridgehead atoms. The van der Waals surface area contributed by atoms with E-state index in [1.807, 2.05) is 25.2 Å². The van der Waals surface area contributed by atoms with Crippen LogP contribution in [0, 0.1) is 29.0 Å². The molecular formula is C36H38F4N2O. The monoisotopic (exact) mass is 590 g/mol. The number of benzene rings is 1. The standard InChI is InChI=1S/C36H38F4N2O/c1-7-25-17-29-23(5)33(28-15-12-20(2)16-21(3)22(28)4)34(31(19-41)30(29)18-32(25)37)26-10-8-9-11-27(14-13-26)35(43)42-24(6)36(38,39)40/h9,11-18,22-24,33H,7-8,10H2,1-6H3,(H,42,43). The summed E-state index contributed by atoms with van der Waals surface area (Å²) in [5.41, 5.74) is 7.59. The molecule has 4 unspecified atom stereocenters. The maximum atomic E-state index is 15.2. The van der Waals surface area contributed by atoms with E-state index in [-0.39, 0.29) is 29.1 Å². The van der Waals surface area contributed by atoms with Crippen molar-refractivity contribution in [2.75, 3.05) is 0 Å². The number of rotatable bonds is 5. The van der Waals surface area contributed by atoms with Crippen LogP contribution in [0.1, 0.15) is 77.0 Å². The summed E-state index contributed by atoms with van der Waals surface area (Å²) in [4.78, 5) is 12.8. The Labute approximate surface area is 251 Å². The zero-order chi connectivity index (χ0) is 31.6. The average Bonchev–Trinajstić information content (AvgIpc) is 3.05. The first-order valence-electron chi connectivity index (χ1n) is 14.8. The fraction of sp³-hybridized carbons (Fsp3) is 0.389. The molecule has 0 saturated carbocycles. The smallest absolute Gasteiger partial charge is 0.341 e. The molecule has 0 spiro atoms. The number of hydrogen-bond acceptors (Lipinski definition) is 2. The van der Waals surface area contributed by atoms with Crippen LogP contribution in [0.2, 0.25) is 0 Å². The molecule has 7 heteroatoms. The van der Waals surface area contributed by atoms with E-state index in [9.17, 15) is 23.2 Å². The molecule has 0 fully saturated rings. The van der Waals surface area contributed by atoms with Crippen molar-refractivity contribution in [3.05, 3.63) is 111 Å². The lowest BCUT2D eigenvalue weighted by molar-refractivity contribution is -0.156. The molecule has 0 saturated heterocycles. The third kappa shape index (κ3) is 6.54. The number of alkyl halides is 3. The van der Waals surface area contributed by atoms with Crippen molar-refractivity contribution in [1.82, 2.24) is 5.32 Å². The Morgan fingerprint density at radius 3 is 2.51 bits per heavy atom. The highest BCUT2D eigenvalue weighted by molar-refractivity contribution is 5.97. The maximum absolute atomic E-state index is 15.2. The second kappa shape index (κ2) is 12.8. The van der Waals surface area contributed by atoms with Gasteiger partial charge in [-0.05, 0) is 91.8 Å². The van der Waals surface area contributed by atoms with E-state index in [1.165, 1.54) is 23.8 Å². The van der Waals surface area contributed by atoms with Gasteiger partial charge in [-0.25, -0.2) is 4.39 Å². The van der Waals surface area contributed by atoms with Crippen molar-refractivity contribution in [1.29, 1.82) is 5.26 Å². The molecule has 4 atom stereocenters. The van der Waals surface area contributed by atoms with Crippen molar-refractivity contribution in [2.24, 2.45) is 11.8 Å². The van der Waals surface area contributed by atoms with Crippen LogP contribution < -0.4 is 5.32 Å². The number of allylic oxidation sites excluding steroid dienone is 12. The molecule has 4 rings (SSSR count). The lowest BCUT2D eigenvalue weighted by Crippen LogP contribution is -2.43. The van der Waals surface area contributed by atoms with Crippen LogP contribution in [0.4, 0.5) is 17.6 Å². The highest BCUT2D eigenvalue weighted by Crippen LogP contribution is 2.52. The van der Waals surface area contributed by atoms with E-state index < -0.39 is 18.1 Å². The summed E-state index contributed by atoms with van der Waals surface area (Å²) in [5.74, 6) is -1.43. The Morgan fingerprint density at radius 2 is 1.86 bits per heavy atom. The Morgan fingerprint density at radius 1 is 1.14 bits per heavy atom. The van der Waals surface area contributed by atoms with Gasteiger partial charge in [0.05, 0.1) is 5.57 Å². The summed E-state index contributed by atoms with van der Waals surface area (Å²) in [7, 11) is 0. The van der Waals surface area contributed by atoms with E-state index in [0.29, 0.717) is 36.0 Å². The van der Waals surface area contributed by atoms with Gasteiger partial charge in [0.1, 0.15) is 17.9 Å². The van der Waals surface area contributed by atoms with Crippen molar-refractivity contribution in [2.45, 2.75) is 78.9 Å². The van der Waals surface area contributed by atoms with E-state index in [0.717, 1.165) is 34.8 Å². The molecule has 3 aliphatic rings. The number of carbonyl (C=O) groups is 1. The topological polar surface area (TPSA) is 52.9 Å². The highest BCUT2D eigenvalue weighted by atomic mass is 19.4. The van der Waals surface area contributed by atoms with Gasteiger partial charge in [0.25, 0.3) is 5.91 Å². The van der Waals surface area contributed by atoms with Crippen LogP contribution in [-0.4, -0.2) is 18.1 Å². The second-order valence-corrected chi connectivity index (χ2v) is 11.7. The van der Waals surface area contributed by atoms with Gasteiger partial charge in [0.2, 0.25) is 0 Å². The third-order valence-electron chi connectivity index (χ3n) is 8.88. The quantitative estimate of drug-likeness (QED) is 0.348. The molecule has 0 heterocycles. The molecule has 1 aromatic carbocycles. The van der Waals surface area contributed by atoms with Crippen molar-refractivity contribution in [3.8, 4) is 6.07 Å². The molecular weight excluding hydrogens is 552 g/mol. The fourth-order valence-corrected chi connectivity index (χ4v) is 6.22. The highest BCUT2D eigenvalue weighted by Gasteiger charge is 2.40. The summed E-state index contributed by atoms with van der Waals surface area (Å²) < 4.78 is 54.6. The number of halogens is 4. The van der Waals surface area contributed by atoms with Crippen LogP contribution in [0.25, 0.3) is 5.57 Å². The normalized spacial score (nSPS) is 23.3. The van der Waals surface area contributed by atoms with Crippen LogP contribution in [0.15, 0.2) is 88.1 Å². The minimum atomic E-state index is -4.57. The van der Waals surface area contributed by atoms with Gasteiger partial charge >= 0.3 is 6.18 Å². The van der Waals surface area contributed by atoms with E-state index in [2.05, 4.69) is 45.1 Å². The number of fused-ring (bicyclic) bond motifs is 1. The van der Waals surface area contributed by atoms with Crippen LogP contribution in [0.5, 0.6) is 0 Å². The van der Waals surface area contributed by atoms with Gasteiger partial charge in [0.15, 0.2) is 0 Å². The number of aryl methyl sites for hydroxylation is 1. The van der Waals surface area contributed by atoms with E-state index in [1.54, 1.807) is 12.2 Å². The lowest BCUT2D eigenvalue weighted by atomic mass is 9.64. The largest absolute Gasteiger partial charge is 0.408 e. The van der Waals surface area contributed by atoms with Crippen LogP contribution in [0.3, 0.4) is 0 Å². The Kier molecular flexibility index (Phi) is 9.49. The first kappa shape index (κ1) is 32.0. The summed E-state index contributed by atoms with van der Waals surface area (Å²) in [6.07, 6.45) is 9.94. The molecule has 1 N–H and O–H groups in total. The molecule has 1 aromatic rings. The summed E-state index contributed by atoms with van der Waals surface area (Å²) in [6, 6.07) is 3.75. The van der Waals surface area contributed by atoms with E-state index in [4.69, 9.17) is 0 Å². The fourth-order valence-electron chi connectivity index (χ4n) is 6.22. The maximum Gasteiger partial charge on any atom is 0.408 e. The zero-order valence-corrected chi connectivity index (χ0v) is 25.5. The minimum absolute atomic E-state index is 0.0681. The predicted octanol–water partition coefficient (Wildman–Crippen LogP) is 9.14. The van der Waals surface area contributed by atoms with Gasteiger partial charge in [-0.1, -0.05) is 80.0 Å². The number of hydrogen-bond donors (Lipinski definition) is 1. The van der Waals surface area contributed by atoms with Crippen molar-refractivity contribution >= 4 is 11.5 Å². The zero-order valence-electron chi connectivity index (χ0n) is 25.5. The van der Waals surface area contributed by atoms with Gasteiger partial charge in [0, 0.05) is 11.5 Å². The van der Waals surface area contributed by atoms with Gasteiger partial charge < -0.3 is 5.32 Å². The third-order valence-corrected chi connectivity index (χ3v) is 8.88. The molecule has 0 aliphatic heterocycles. The van der Waals surface area contributed by atoms with Gasteiger partial charge in [-0.15, -0.1) is 0 Å². The molecule has 0 radical (unpaired) electrons. The summed E-state index contributed by atoms with van der Waals surface area (Å²) >= 11 is 0. The lowest BCUT2D eigenvalue weighted by Gasteiger charge is -2.39. The van der Waals surface area contributed by atoms with Crippen LogP contribution in [-0.2, 0) is 11.2 Å². The van der Waals surface area contributed by atoms with Gasteiger partial charge in [-0.2, -0.15) is 18.4 Å². The first-order chi connectivity index (χ1) is 20.3. The van der Waals surface area contributed by atoms with Crippen molar-refractivity contribution in [3.63, 3.8) is 0 Å². The first-order valence-corrected chi connectivity index (χ1v) is 14.8. The van der Waals surface area contributed by atoms with E-state index >= 15 is 4.39 Å². The van der Waals surface area contributed by atoms with Crippen molar-refractivity contribution < 1.29 is 22.4 Å². The number of amides is 1. The SMILES string of the molecule is CCc1cc2c(cc1F)C(C#N)=C(C1=CC=C(C(=O)NC(C)C(F)(F)F)C=CCC1)C(C1=CC=C(C)C=C(C)C1C)C2C. The Balaban J connectivity index is 1.95. The number of nitrogens with zero attached hydrogens (tertiary/aromatic N) is 1. The number of carbonyl (C=O) groups excluding carboxylic acids is 1. The Bertz CT molecular complexity index is 1570. The molecule has 0 aromatic heterocycles. The summed E-state index contributed by atoms with van der Waals surface area (Å²) in [6.45, 7) is 11.2.